The van der Waals surface area contributed by atoms with Crippen molar-refractivity contribution in [2.45, 2.75) is 18.9 Å². The number of carbonyl (C=O) groups is 2. The van der Waals surface area contributed by atoms with Crippen molar-refractivity contribution in [1.82, 2.24) is 4.90 Å². The van der Waals surface area contributed by atoms with E-state index in [0.29, 0.717) is 25.6 Å². The van der Waals surface area contributed by atoms with Crippen LogP contribution in [0.5, 0.6) is 0 Å². The second-order valence-electron chi connectivity index (χ2n) is 3.88. The lowest BCUT2D eigenvalue weighted by Gasteiger charge is -2.38. The number of amides is 1. The van der Waals surface area contributed by atoms with Gasteiger partial charge in [-0.2, -0.15) is 0 Å². The summed E-state index contributed by atoms with van der Waals surface area (Å²) in [5.74, 6) is -0.690. The summed E-state index contributed by atoms with van der Waals surface area (Å²) in [6.07, 6.45) is 0.392. The topological polar surface area (TPSA) is 110 Å². The van der Waals surface area contributed by atoms with Crippen molar-refractivity contribution in [3.63, 3.8) is 0 Å². The molecule has 0 aromatic carbocycles. The zero-order valence-electron chi connectivity index (χ0n) is 8.56. The quantitative estimate of drug-likeness (QED) is 0.522. The lowest BCUT2D eigenvalue weighted by atomic mass is 9.99. The van der Waals surface area contributed by atoms with Gasteiger partial charge in [0.15, 0.2) is 0 Å². The molecule has 86 valence electrons. The second kappa shape index (κ2) is 5.09. The van der Waals surface area contributed by atoms with Crippen molar-refractivity contribution in [3.8, 4) is 0 Å². The number of carboxylic acids is 1. The lowest BCUT2D eigenvalue weighted by molar-refractivity contribution is -0.140. The van der Waals surface area contributed by atoms with Crippen LogP contribution < -0.4 is 11.5 Å². The molecule has 1 aliphatic heterocycles. The van der Waals surface area contributed by atoms with Gasteiger partial charge >= 0.3 is 5.97 Å². The summed E-state index contributed by atoms with van der Waals surface area (Å²) < 4.78 is 0. The van der Waals surface area contributed by atoms with Crippen LogP contribution in [0.15, 0.2) is 0 Å². The SMILES string of the molecule is NCC1CN(C(=O)CC[C@H](N)C(=O)O)C1. The molecule has 5 N–H and O–H groups in total. The van der Waals surface area contributed by atoms with E-state index in [4.69, 9.17) is 16.6 Å². The Morgan fingerprint density at radius 1 is 1.47 bits per heavy atom. The zero-order valence-corrected chi connectivity index (χ0v) is 8.56. The first-order valence-corrected chi connectivity index (χ1v) is 5.00. The van der Waals surface area contributed by atoms with Crippen LogP contribution in [-0.2, 0) is 9.59 Å². The normalized spacial score (nSPS) is 18.4. The average Bonchev–Trinajstić information content (AvgIpc) is 2.12. The molecule has 1 fully saturated rings. The standard InChI is InChI=1S/C9H17N3O3/c10-3-6-4-12(5-6)8(13)2-1-7(11)9(14)15/h6-7H,1-5,10-11H2,(H,14,15)/t7-/m0/s1. The molecule has 1 aliphatic rings. The number of nitrogens with two attached hydrogens (primary N) is 2. The number of likely N-dealkylation sites (tertiary alicyclic amines) is 1. The molecule has 1 atom stereocenters. The first kappa shape index (κ1) is 11.9. The largest absolute Gasteiger partial charge is 0.480 e. The number of carbonyl (C=O) groups excluding carboxylic acids is 1. The summed E-state index contributed by atoms with van der Waals surface area (Å²) in [4.78, 5) is 23.5. The van der Waals surface area contributed by atoms with Crippen LogP contribution in [0.3, 0.4) is 0 Å². The third kappa shape index (κ3) is 3.17. The lowest BCUT2D eigenvalue weighted by Crippen LogP contribution is -2.52. The molecule has 1 heterocycles. The summed E-state index contributed by atoms with van der Waals surface area (Å²) in [6.45, 7) is 1.98. The van der Waals surface area contributed by atoms with Crippen LogP contribution >= 0.6 is 0 Å². The van der Waals surface area contributed by atoms with E-state index < -0.39 is 12.0 Å². The van der Waals surface area contributed by atoms with Gasteiger partial charge in [-0.05, 0) is 13.0 Å². The van der Waals surface area contributed by atoms with Crippen LogP contribution in [0.4, 0.5) is 0 Å². The van der Waals surface area contributed by atoms with E-state index in [1.807, 2.05) is 0 Å². The number of carboxylic acid groups (broad SMARTS) is 1. The first-order valence-electron chi connectivity index (χ1n) is 5.00. The molecule has 0 bridgehead atoms. The second-order valence-corrected chi connectivity index (χ2v) is 3.88. The van der Waals surface area contributed by atoms with Crippen LogP contribution in [0, 0.1) is 5.92 Å². The van der Waals surface area contributed by atoms with Gasteiger partial charge < -0.3 is 21.5 Å². The molecule has 0 unspecified atom stereocenters. The summed E-state index contributed by atoms with van der Waals surface area (Å²) in [5.41, 5.74) is 10.7. The van der Waals surface area contributed by atoms with Crippen molar-refractivity contribution in [2.24, 2.45) is 17.4 Å². The molecule has 6 nitrogen and oxygen atoms in total. The van der Waals surface area contributed by atoms with Gasteiger partial charge in [-0.3, -0.25) is 9.59 Å². The highest BCUT2D eigenvalue weighted by Gasteiger charge is 2.29. The Morgan fingerprint density at radius 3 is 2.53 bits per heavy atom. The van der Waals surface area contributed by atoms with E-state index in [1.54, 1.807) is 4.90 Å². The molecule has 0 spiro atoms. The molecule has 1 rings (SSSR count). The number of aliphatic carboxylic acids is 1. The smallest absolute Gasteiger partial charge is 0.320 e. The van der Waals surface area contributed by atoms with Gasteiger partial charge in [0.25, 0.3) is 0 Å². The van der Waals surface area contributed by atoms with Crippen LogP contribution in [0.1, 0.15) is 12.8 Å². The number of nitrogens with zero attached hydrogens (tertiary/aromatic N) is 1. The monoisotopic (exact) mass is 215 g/mol. The van der Waals surface area contributed by atoms with E-state index in [2.05, 4.69) is 0 Å². The first-order chi connectivity index (χ1) is 7.04. The maximum absolute atomic E-state index is 11.5. The Kier molecular flexibility index (Phi) is 4.05. The van der Waals surface area contributed by atoms with E-state index in [0.717, 1.165) is 0 Å². The predicted octanol–water partition coefficient (Wildman–Crippen LogP) is -1.40. The average molecular weight is 215 g/mol. The molecule has 0 aromatic heterocycles. The fourth-order valence-corrected chi connectivity index (χ4v) is 1.48. The summed E-state index contributed by atoms with van der Waals surface area (Å²) in [5, 5.41) is 8.52. The van der Waals surface area contributed by atoms with Crippen molar-refractivity contribution >= 4 is 11.9 Å². The Bertz CT molecular complexity index is 251. The minimum atomic E-state index is -1.06. The van der Waals surface area contributed by atoms with E-state index >= 15 is 0 Å². The summed E-state index contributed by atoms with van der Waals surface area (Å²) in [7, 11) is 0. The molecule has 0 radical (unpaired) electrons. The summed E-state index contributed by atoms with van der Waals surface area (Å²) >= 11 is 0. The van der Waals surface area contributed by atoms with Gasteiger partial charge in [0, 0.05) is 25.4 Å². The van der Waals surface area contributed by atoms with Gasteiger partial charge in [0.1, 0.15) is 6.04 Å². The minimum Gasteiger partial charge on any atom is -0.480 e. The molecule has 0 saturated carbocycles. The third-order valence-corrected chi connectivity index (χ3v) is 2.63. The number of hydrogen-bond acceptors (Lipinski definition) is 4. The van der Waals surface area contributed by atoms with Crippen LogP contribution in [-0.4, -0.2) is 47.6 Å². The Morgan fingerprint density at radius 2 is 2.07 bits per heavy atom. The molecule has 0 aromatic rings. The van der Waals surface area contributed by atoms with Gasteiger partial charge in [0.2, 0.25) is 5.91 Å². The maximum Gasteiger partial charge on any atom is 0.320 e. The Balaban J connectivity index is 2.18. The van der Waals surface area contributed by atoms with E-state index in [9.17, 15) is 9.59 Å². The zero-order chi connectivity index (χ0) is 11.4. The number of rotatable bonds is 5. The molecule has 0 aliphatic carbocycles. The van der Waals surface area contributed by atoms with Crippen LogP contribution in [0.2, 0.25) is 0 Å². The van der Waals surface area contributed by atoms with Gasteiger partial charge in [0.05, 0.1) is 0 Å². The highest BCUT2D eigenvalue weighted by atomic mass is 16.4. The highest BCUT2D eigenvalue weighted by molar-refractivity contribution is 5.79. The van der Waals surface area contributed by atoms with Gasteiger partial charge in [-0.25, -0.2) is 0 Å². The van der Waals surface area contributed by atoms with Crippen molar-refractivity contribution in [3.05, 3.63) is 0 Å². The van der Waals surface area contributed by atoms with Crippen molar-refractivity contribution in [1.29, 1.82) is 0 Å². The maximum atomic E-state index is 11.5. The molecule has 1 amide bonds. The molecular formula is C9H17N3O3. The molecule has 6 heteroatoms. The van der Waals surface area contributed by atoms with Gasteiger partial charge in [-0.1, -0.05) is 0 Å². The molecular weight excluding hydrogens is 198 g/mol. The molecule has 1 saturated heterocycles. The van der Waals surface area contributed by atoms with E-state index in [-0.39, 0.29) is 18.7 Å². The Hall–Kier alpha value is -1.14. The predicted molar refractivity (Wildman–Crippen MR) is 54.0 cm³/mol. The highest BCUT2D eigenvalue weighted by Crippen LogP contribution is 2.15. The van der Waals surface area contributed by atoms with Crippen molar-refractivity contribution in [2.75, 3.05) is 19.6 Å². The third-order valence-electron chi connectivity index (χ3n) is 2.63. The fourth-order valence-electron chi connectivity index (χ4n) is 1.48. The van der Waals surface area contributed by atoms with Crippen LogP contribution in [0.25, 0.3) is 0 Å². The minimum absolute atomic E-state index is 0.0311. The van der Waals surface area contributed by atoms with Crippen molar-refractivity contribution < 1.29 is 14.7 Å². The molecule has 15 heavy (non-hydrogen) atoms. The fraction of sp³-hybridized carbons (Fsp3) is 0.778. The van der Waals surface area contributed by atoms with Gasteiger partial charge in [-0.15, -0.1) is 0 Å². The van der Waals surface area contributed by atoms with E-state index in [1.165, 1.54) is 0 Å². The Labute approximate surface area is 88.2 Å². The summed E-state index contributed by atoms with van der Waals surface area (Å²) in [6, 6.07) is -0.944. The number of hydrogen-bond donors (Lipinski definition) is 3.